The number of rotatable bonds is 6. The van der Waals surface area contributed by atoms with Gasteiger partial charge in [-0.3, -0.25) is 4.79 Å². The van der Waals surface area contributed by atoms with Gasteiger partial charge in [0.1, 0.15) is 0 Å². The molecule has 0 aromatic heterocycles. The van der Waals surface area contributed by atoms with Crippen LogP contribution in [-0.4, -0.2) is 27.2 Å². The molecule has 124 valence electrons. The van der Waals surface area contributed by atoms with Crippen molar-refractivity contribution in [2.24, 2.45) is 11.8 Å². The smallest absolute Gasteiger partial charge is 0.309 e. The van der Waals surface area contributed by atoms with Gasteiger partial charge in [0.25, 0.3) is 0 Å². The van der Waals surface area contributed by atoms with E-state index >= 15 is 0 Å². The molecule has 0 saturated carbocycles. The number of ether oxygens (including phenoxy) is 1. The predicted octanol–water partition coefficient (Wildman–Crippen LogP) is 3.45. The highest BCUT2D eigenvalue weighted by Crippen LogP contribution is 2.23. The monoisotopic (exact) mass is 334 g/mol. The van der Waals surface area contributed by atoms with E-state index in [0.717, 1.165) is 10.8 Å². The Morgan fingerprint density at radius 1 is 1.09 bits per heavy atom. The Bertz CT molecular complexity index is 794. The lowest BCUT2D eigenvalue weighted by Gasteiger charge is -2.17. The van der Waals surface area contributed by atoms with Gasteiger partial charge in [0.2, 0.25) is 0 Å². The van der Waals surface area contributed by atoms with Crippen molar-refractivity contribution in [3.05, 3.63) is 42.5 Å². The zero-order valence-corrected chi connectivity index (χ0v) is 14.5. The fraction of sp³-hybridized carbons (Fsp3) is 0.389. The van der Waals surface area contributed by atoms with Crippen molar-refractivity contribution in [2.75, 3.05) is 12.9 Å². The van der Waals surface area contributed by atoms with Crippen LogP contribution in [0.3, 0.4) is 0 Å². The fourth-order valence-corrected chi connectivity index (χ4v) is 4.27. The molecule has 0 aliphatic carbocycles. The molecule has 2 rings (SSSR count). The number of esters is 1. The largest absolute Gasteiger partial charge is 0.469 e. The van der Waals surface area contributed by atoms with Gasteiger partial charge in [-0.25, -0.2) is 8.42 Å². The third kappa shape index (κ3) is 4.32. The Labute approximate surface area is 137 Å². The number of carbonyl (C=O) groups excluding carboxylic acids is 1. The van der Waals surface area contributed by atoms with E-state index in [1.165, 1.54) is 7.11 Å². The molecule has 0 saturated heterocycles. The first-order valence-electron chi connectivity index (χ1n) is 7.63. The summed E-state index contributed by atoms with van der Waals surface area (Å²) in [7, 11) is -2.26. The summed E-state index contributed by atoms with van der Waals surface area (Å²) < 4.78 is 30.1. The first kappa shape index (κ1) is 17.5. The van der Waals surface area contributed by atoms with Crippen LogP contribution in [0.2, 0.25) is 0 Å². The number of hydrogen-bond donors (Lipinski definition) is 0. The standard InChI is InChI=1S/C18H22O4S/c1-13(2)10-16(18(19)22-3)12-23(20,21)17-9-8-14-6-4-5-7-15(14)11-17/h4-9,11,13,16H,10,12H2,1-3H3/t16-/m0/s1. The van der Waals surface area contributed by atoms with Gasteiger partial charge in [0, 0.05) is 0 Å². The molecular formula is C18H22O4S. The van der Waals surface area contributed by atoms with E-state index in [9.17, 15) is 13.2 Å². The summed E-state index contributed by atoms with van der Waals surface area (Å²) in [6.07, 6.45) is 0.486. The van der Waals surface area contributed by atoms with E-state index in [4.69, 9.17) is 4.74 Å². The van der Waals surface area contributed by atoms with Crippen LogP contribution >= 0.6 is 0 Å². The van der Waals surface area contributed by atoms with E-state index in [0.29, 0.717) is 6.42 Å². The van der Waals surface area contributed by atoms with Crippen LogP contribution in [0.25, 0.3) is 10.8 Å². The van der Waals surface area contributed by atoms with Crippen molar-refractivity contribution in [2.45, 2.75) is 25.2 Å². The van der Waals surface area contributed by atoms with Crippen LogP contribution in [0, 0.1) is 11.8 Å². The van der Waals surface area contributed by atoms with Crippen LogP contribution in [0.1, 0.15) is 20.3 Å². The summed E-state index contributed by atoms with van der Waals surface area (Å²) in [5.74, 6) is -1.12. The summed E-state index contributed by atoms with van der Waals surface area (Å²) in [6, 6.07) is 12.6. The van der Waals surface area contributed by atoms with Crippen molar-refractivity contribution < 1.29 is 17.9 Å². The van der Waals surface area contributed by atoms with Gasteiger partial charge in [-0.1, -0.05) is 44.2 Å². The minimum Gasteiger partial charge on any atom is -0.469 e. The Morgan fingerprint density at radius 2 is 1.74 bits per heavy atom. The molecule has 23 heavy (non-hydrogen) atoms. The molecule has 4 nitrogen and oxygen atoms in total. The Hall–Kier alpha value is -1.88. The summed E-state index contributed by atoms with van der Waals surface area (Å²) in [5.41, 5.74) is 0. The topological polar surface area (TPSA) is 60.4 Å². The van der Waals surface area contributed by atoms with Crippen LogP contribution < -0.4 is 0 Å². The average Bonchev–Trinajstić information content (AvgIpc) is 2.52. The highest BCUT2D eigenvalue weighted by molar-refractivity contribution is 7.91. The van der Waals surface area contributed by atoms with E-state index < -0.39 is 21.7 Å². The zero-order chi connectivity index (χ0) is 17.0. The van der Waals surface area contributed by atoms with Crippen molar-refractivity contribution in [3.8, 4) is 0 Å². The summed E-state index contributed by atoms with van der Waals surface area (Å²) in [6.45, 7) is 3.91. The number of carbonyl (C=O) groups is 1. The third-order valence-corrected chi connectivity index (χ3v) is 5.60. The highest BCUT2D eigenvalue weighted by atomic mass is 32.2. The molecule has 0 aliphatic rings. The summed E-state index contributed by atoms with van der Waals surface area (Å²) in [4.78, 5) is 12.1. The molecule has 2 aromatic carbocycles. The third-order valence-electron chi connectivity index (χ3n) is 3.79. The zero-order valence-electron chi connectivity index (χ0n) is 13.7. The molecule has 5 heteroatoms. The molecule has 2 aromatic rings. The van der Waals surface area contributed by atoms with Gasteiger partial charge < -0.3 is 4.74 Å². The van der Waals surface area contributed by atoms with Gasteiger partial charge in [0.05, 0.1) is 23.7 Å². The van der Waals surface area contributed by atoms with E-state index in [1.54, 1.807) is 18.2 Å². The van der Waals surface area contributed by atoms with E-state index in [-0.39, 0.29) is 16.6 Å². The van der Waals surface area contributed by atoms with Gasteiger partial charge in [-0.15, -0.1) is 0 Å². The SMILES string of the molecule is COC(=O)[C@@H](CC(C)C)CS(=O)(=O)c1ccc2ccccc2c1. The highest BCUT2D eigenvalue weighted by Gasteiger charge is 2.28. The maximum atomic E-state index is 12.7. The second-order valence-electron chi connectivity index (χ2n) is 6.14. The van der Waals surface area contributed by atoms with Crippen molar-refractivity contribution in [3.63, 3.8) is 0 Å². The number of methoxy groups -OCH3 is 1. The van der Waals surface area contributed by atoms with Crippen LogP contribution in [-0.2, 0) is 19.4 Å². The maximum absolute atomic E-state index is 12.7. The second kappa shape index (κ2) is 7.13. The lowest BCUT2D eigenvalue weighted by Crippen LogP contribution is -2.26. The minimum atomic E-state index is -3.55. The molecule has 0 fully saturated rings. The summed E-state index contributed by atoms with van der Waals surface area (Å²) >= 11 is 0. The van der Waals surface area contributed by atoms with Crippen molar-refractivity contribution in [1.29, 1.82) is 0 Å². The first-order chi connectivity index (χ1) is 10.8. The number of fused-ring (bicyclic) bond motifs is 1. The Kier molecular flexibility index (Phi) is 5.42. The Balaban J connectivity index is 2.32. The molecule has 0 radical (unpaired) electrons. The molecule has 0 heterocycles. The number of sulfone groups is 1. The second-order valence-corrected chi connectivity index (χ2v) is 8.17. The van der Waals surface area contributed by atoms with Gasteiger partial charge in [-0.05, 0) is 35.2 Å². The first-order valence-corrected chi connectivity index (χ1v) is 9.28. The van der Waals surface area contributed by atoms with Gasteiger partial charge in [-0.2, -0.15) is 0 Å². The molecule has 0 N–H and O–H groups in total. The number of hydrogen-bond acceptors (Lipinski definition) is 4. The van der Waals surface area contributed by atoms with Crippen molar-refractivity contribution >= 4 is 26.6 Å². The fourth-order valence-electron chi connectivity index (χ4n) is 2.69. The van der Waals surface area contributed by atoms with Crippen LogP contribution in [0.5, 0.6) is 0 Å². The quantitative estimate of drug-likeness (QED) is 0.759. The minimum absolute atomic E-state index is 0.214. The van der Waals surface area contributed by atoms with Gasteiger partial charge >= 0.3 is 5.97 Å². The maximum Gasteiger partial charge on any atom is 0.309 e. The normalized spacial score (nSPS) is 13.2. The predicted molar refractivity (Wildman–Crippen MR) is 91.0 cm³/mol. The van der Waals surface area contributed by atoms with Crippen LogP contribution in [0.15, 0.2) is 47.4 Å². The average molecular weight is 334 g/mol. The van der Waals surface area contributed by atoms with Crippen molar-refractivity contribution in [1.82, 2.24) is 0 Å². The lowest BCUT2D eigenvalue weighted by molar-refractivity contribution is -0.145. The van der Waals surface area contributed by atoms with Crippen LogP contribution in [0.4, 0.5) is 0 Å². The molecule has 0 aliphatic heterocycles. The summed E-state index contributed by atoms with van der Waals surface area (Å²) in [5, 5.41) is 1.85. The Morgan fingerprint density at radius 3 is 2.35 bits per heavy atom. The molecule has 0 bridgehead atoms. The van der Waals surface area contributed by atoms with E-state index in [2.05, 4.69) is 0 Å². The van der Waals surface area contributed by atoms with E-state index in [1.807, 2.05) is 38.1 Å². The number of benzene rings is 2. The van der Waals surface area contributed by atoms with Gasteiger partial charge in [0.15, 0.2) is 9.84 Å². The molecule has 1 atom stereocenters. The molecule has 0 amide bonds. The lowest BCUT2D eigenvalue weighted by atomic mass is 9.99. The molecule has 0 spiro atoms. The molecule has 0 unspecified atom stereocenters. The molecular weight excluding hydrogens is 312 g/mol.